The Labute approximate surface area is 144 Å². The van der Waals surface area contributed by atoms with Gasteiger partial charge in [0.25, 0.3) is 0 Å². The van der Waals surface area contributed by atoms with Gasteiger partial charge in [0.15, 0.2) is 0 Å². The molecular formula is C23H23N. The van der Waals surface area contributed by atoms with Crippen LogP contribution in [0.25, 0.3) is 5.70 Å². The first-order valence-electron chi connectivity index (χ1n) is 8.47. The lowest BCUT2D eigenvalue weighted by Crippen LogP contribution is -2.15. The first kappa shape index (κ1) is 16.1. The minimum atomic E-state index is 0.985. The Hall–Kier alpha value is -2.80. The first-order valence-corrected chi connectivity index (χ1v) is 8.47. The van der Waals surface area contributed by atoms with Crippen molar-refractivity contribution in [2.24, 2.45) is 0 Å². The highest BCUT2D eigenvalue weighted by Gasteiger charge is 2.15. The largest absolute Gasteiger partial charge is 0.310 e. The van der Waals surface area contributed by atoms with E-state index in [4.69, 9.17) is 0 Å². The third kappa shape index (κ3) is 3.57. The van der Waals surface area contributed by atoms with Crippen LogP contribution in [0, 0.1) is 6.92 Å². The predicted molar refractivity (Wildman–Crippen MR) is 104 cm³/mol. The molecular weight excluding hydrogens is 290 g/mol. The van der Waals surface area contributed by atoms with E-state index in [0.717, 1.165) is 6.42 Å². The number of hydrogen-bond donors (Lipinski definition) is 0. The van der Waals surface area contributed by atoms with Gasteiger partial charge in [0.2, 0.25) is 0 Å². The minimum absolute atomic E-state index is 0.985. The molecule has 0 bridgehead atoms. The van der Waals surface area contributed by atoms with Crippen LogP contribution in [-0.4, -0.2) is 0 Å². The number of rotatable bonds is 5. The summed E-state index contributed by atoms with van der Waals surface area (Å²) in [6.45, 7) is 4.31. The van der Waals surface area contributed by atoms with Crippen LogP contribution in [0.1, 0.15) is 24.5 Å². The molecule has 0 radical (unpaired) electrons. The smallest absolute Gasteiger partial charge is 0.0494 e. The molecule has 1 heteroatoms. The number of hydrogen-bond acceptors (Lipinski definition) is 1. The van der Waals surface area contributed by atoms with Crippen LogP contribution < -0.4 is 4.90 Å². The van der Waals surface area contributed by atoms with E-state index in [1.54, 1.807) is 0 Å². The molecule has 0 aliphatic heterocycles. The summed E-state index contributed by atoms with van der Waals surface area (Å²) < 4.78 is 0. The van der Waals surface area contributed by atoms with Crippen LogP contribution in [0.4, 0.5) is 11.4 Å². The molecule has 3 aromatic rings. The van der Waals surface area contributed by atoms with Crippen LogP contribution in [0.15, 0.2) is 91.0 Å². The maximum Gasteiger partial charge on any atom is 0.0494 e. The number of anilines is 2. The van der Waals surface area contributed by atoms with Gasteiger partial charge in [-0.05, 0) is 43.2 Å². The molecule has 0 unspecified atom stereocenters. The van der Waals surface area contributed by atoms with Gasteiger partial charge in [-0.2, -0.15) is 0 Å². The standard InChI is InChI=1S/C23H23N/c1-3-10-23(20-17-15-19(2)16-18-20)24(21-11-6-4-7-12-21)22-13-8-5-9-14-22/h4-18H,3H2,1-2H3. The van der Waals surface area contributed by atoms with Crippen LogP contribution in [0.2, 0.25) is 0 Å². The van der Waals surface area contributed by atoms with E-state index in [0.29, 0.717) is 0 Å². The summed E-state index contributed by atoms with van der Waals surface area (Å²) in [4.78, 5) is 2.33. The monoisotopic (exact) mass is 313 g/mol. The van der Waals surface area contributed by atoms with Crippen molar-refractivity contribution >= 4 is 17.1 Å². The lowest BCUT2D eigenvalue weighted by atomic mass is 10.1. The van der Waals surface area contributed by atoms with Crippen LogP contribution >= 0.6 is 0 Å². The molecule has 24 heavy (non-hydrogen) atoms. The summed E-state index contributed by atoms with van der Waals surface area (Å²) in [5.41, 5.74) is 6.07. The molecule has 0 amide bonds. The van der Waals surface area contributed by atoms with Crippen molar-refractivity contribution in [3.8, 4) is 0 Å². The Kier molecular flexibility index (Phi) is 5.12. The van der Waals surface area contributed by atoms with Gasteiger partial charge in [-0.1, -0.05) is 79.2 Å². The van der Waals surface area contributed by atoms with Crippen LogP contribution in [0.5, 0.6) is 0 Å². The van der Waals surface area contributed by atoms with Crippen molar-refractivity contribution in [1.29, 1.82) is 0 Å². The number of aryl methyl sites for hydroxylation is 1. The molecule has 3 aromatic carbocycles. The van der Waals surface area contributed by atoms with Crippen molar-refractivity contribution in [1.82, 2.24) is 0 Å². The Bertz CT molecular complexity index is 747. The molecule has 1 nitrogen and oxygen atoms in total. The summed E-state index contributed by atoms with van der Waals surface area (Å²) in [5.74, 6) is 0. The molecule has 3 rings (SSSR count). The van der Waals surface area contributed by atoms with Crippen molar-refractivity contribution in [2.75, 3.05) is 4.90 Å². The van der Waals surface area contributed by atoms with E-state index in [2.05, 4.69) is 110 Å². The summed E-state index contributed by atoms with van der Waals surface area (Å²) >= 11 is 0. The molecule has 0 spiro atoms. The van der Waals surface area contributed by atoms with E-state index >= 15 is 0 Å². The predicted octanol–water partition coefficient (Wildman–Crippen LogP) is 6.58. The average molecular weight is 313 g/mol. The van der Waals surface area contributed by atoms with Gasteiger partial charge in [-0.3, -0.25) is 0 Å². The molecule has 0 aliphatic carbocycles. The quantitative estimate of drug-likeness (QED) is 0.514. The second-order valence-electron chi connectivity index (χ2n) is 5.87. The summed E-state index contributed by atoms with van der Waals surface area (Å²) in [6.07, 6.45) is 3.28. The van der Waals surface area contributed by atoms with Gasteiger partial charge < -0.3 is 4.90 Å². The fraction of sp³-hybridized carbons (Fsp3) is 0.130. The Morgan fingerprint density at radius 1 is 0.750 bits per heavy atom. The van der Waals surface area contributed by atoms with Gasteiger partial charge in [0.1, 0.15) is 0 Å². The van der Waals surface area contributed by atoms with Gasteiger partial charge in [-0.15, -0.1) is 0 Å². The molecule has 0 saturated carbocycles. The third-order valence-electron chi connectivity index (χ3n) is 4.01. The maximum atomic E-state index is 2.33. The van der Waals surface area contributed by atoms with Crippen molar-refractivity contribution < 1.29 is 0 Å². The summed E-state index contributed by atoms with van der Waals surface area (Å²) in [7, 11) is 0. The van der Waals surface area contributed by atoms with Gasteiger partial charge in [0, 0.05) is 17.1 Å². The topological polar surface area (TPSA) is 3.24 Å². The highest BCUT2D eigenvalue weighted by molar-refractivity contribution is 5.87. The van der Waals surface area contributed by atoms with E-state index < -0.39 is 0 Å². The van der Waals surface area contributed by atoms with E-state index in [1.807, 2.05) is 0 Å². The maximum absolute atomic E-state index is 2.33. The number of nitrogens with zero attached hydrogens (tertiary/aromatic N) is 1. The normalized spacial score (nSPS) is 11.3. The van der Waals surface area contributed by atoms with E-state index in [9.17, 15) is 0 Å². The lowest BCUT2D eigenvalue weighted by Gasteiger charge is -2.28. The number of allylic oxidation sites excluding steroid dienone is 1. The molecule has 0 aliphatic rings. The average Bonchev–Trinajstić information content (AvgIpc) is 2.64. The zero-order chi connectivity index (χ0) is 16.8. The third-order valence-corrected chi connectivity index (χ3v) is 4.01. The first-order chi connectivity index (χ1) is 11.8. The molecule has 0 saturated heterocycles. The molecule has 0 N–H and O–H groups in total. The van der Waals surface area contributed by atoms with Gasteiger partial charge in [0.05, 0.1) is 0 Å². The summed E-state index contributed by atoms with van der Waals surface area (Å²) in [5, 5.41) is 0. The Morgan fingerprint density at radius 2 is 1.25 bits per heavy atom. The number of para-hydroxylation sites is 2. The fourth-order valence-corrected chi connectivity index (χ4v) is 2.84. The van der Waals surface area contributed by atoms with Crippen molar-refractivity contribution in [3.05, 3.63) is 102 Å². The highest BCUT2D eigenvalue weighted by atomic mass is 15.1. The van der Waals surface area contributed by atoms with E-state index in [-0.39, 0.29) is 0 Å². The lowest BCUT2D eigenvalue weighted by molar-refractivity contribution is 1.19. The zero-order valence-electron chi connectivity index (χ0n) is 14.3. The molecule has 0 fully saturated rings. The highest BCUT2D eigenvalue weighted by Crippen LogP contribution is 2.34. The molecule has 0 aromatic heterocycles. The van der Waals surface area contributed by atoms with Gasteiger partial charge >= 0.3 is 0 Å². The van der Waals surface area contributed by atoms with Crippen molar-refractivity contribution in [3.63, 3.8) is 0 Å². The minimum Gasteiger partial charge on any atom is -0.310 e. The molecule has 0 atom stereocenters. The number of benzene rings is 3. The SMILES string of the molecule is CCC=C(c1ccc(C)cc1)N(c1ccccc1)c1ccccc1. The van der Waals surface area contributed by atoms with Crippen LogP contribution in [0.3, 0.4) is 0 Å². The van der Waals surface area contributed by atoms with Crippen LogP contribution in [-0.2, 0) is 0 Å². The van der Waals surface area contributed by atoms with Crippen molar-refractivity contribution in [2.45, 2.75) is 20.3 Å². The van der Waals surface area contributed by atoms with Gasteiger partial charge in [-0.25, -0.2) is 0 Å². The summed E-state index contributed by atoms with van der Waals surface area (Å²) in [6, 6.07) is 29.8. The van der Waals surface area contributed by atoms with E-state index in [1.165, 1.54) is 28.2 Å². The Morgan fingerprint density at radius 3 is 1.71 bits per heavy atom. The second kappa shape index (κ2) is 7.65. The molecule has 0 heterocycles. The molecule has 120 valence electrons. The fourth-order valence-electron chi connectivity index (χ4n) is 2.84. The zero-order valence-corrected chi connectivity index (χ0v) is 14.3. The second-order valence-corrected chi connectivity index (χ2v) is 5.87. The Balaban J connectivity index is 2.15.